The van der Waals surface area contributed by atoms with E-state index >= 15 is 0 Å². The number of benzene rings is 1. The molecule has 3 aromatic rings. The summed E-state index contributed by atoms with van der Waals surface area (Å²) in [5.41, 5.74) is 2.13. The average Bonchev–Trinajstić information content (AvgIpc) is 3.39. The van der Waals surface area contributed by atoms with Crippen LogP contribution in [0.5, 0.6) is 6.01 Å². The van der Waals surface area contributed by atoms with Gasteiger partial charge >= 0.3 is 6.01 Å². The number of nitrogens with zero attached hydrogens (tertiary/aromatic N) is 6. The molecule has 0 saturated carbocycles. The Bertz CT molecular complexity index is 1160. The first-order valence-corrected chi connectivity index (χ1v) is 13.4. The summed E-state index contributed by atoms with van der Waals surface area (Å²) in [6.07, 6.45) is 5.11. The Balaban J connectivity index is 1.13. The molecule has 0 radical (unpaired) electrons. The van der Waals surface area contributed by atoms with Gasteiger partial charge < -0.3 is 19.9 Å². The Kier molecular flexibility index (Phi) is 7.96. The van der Waals surface area contributed by atoms with E-state index in [1.807, 2.05) is 18.2 Å². The average molecular weight is 528 g/mol. The highest BCUT2D eigenvalue weighted by Gasteiger charge is 2.24. The Morgan fingerprint density at radius 3 is 2.61 bits per heavy atom. The fourth-order valence-corrected chi connectivity index (χ4v) is 5.49. The van der Waals surface area contributed by atoms with Gasteiger partial charge in [0.1, 0.15) is 11.8 Å². The van der Waals surface area contributed by atoms with Gasteiger partial charge in [0.15, 0.2) is 5.13 Å². The van der Waals surface area contributed by atoms with E-state index in [9.17, 15) is 4.79 Å². The molecule has 1 amide bonds. The quantitative estimate of drug-likeness (QED) is 0.498. The normalized spacial score (nSPS) is 17.8. The monoisotopic (exact) mass is 527 g/mol. The zero-order valence-corrected chi connectivity index (χ0v) is 21.8. The molecule has 2 aliphatic rings. The van der Waals surface area contributed by atoms with Gasteiger partial charge in [0.25, 0.3) is 5.91 Å². The number of amides is 1. The molecule has 190 valence electrons. The summed E-state index contributed by atoms with van der Waals surface area (Å²) in [4.78, 5) is 32.7. The van der Waals surface area contributed by atoms with Crippen molar-refractivity contribution in [2.45, 2.75) is 25.5 Å². The van der Waals surface area contributed by atoms with Crippen LogP contribution >= 0.6 is 22.9 Å². The Morgan fingerprint density at radius 1 is 1.14 bits per heavy atom. The zero-order chi connectivity index (χ0) is 24.9. The lowest BCUT2D eigenvalue weighted by Crippen LogP contribution is -2.43. The molecule has 2 fully saturated rings. The lowest BCUT2D eigenvalue weighted by molar-refractivity contribution is 0.102. The number of piperidine rings is 1. The van der Waals surface area contributed by atoms with Crippen molar-refractivity contribution in [2.24, 2.45) is 0 Å². The number of hydrogen-bond donors (Lipinski definition) is 1. The summed E-state index contributed by atoms with van der Waals surface area (Å²) in [5.74, 6) is -0.259. The first-order valence-electron chi connectivity index (χ1n) is 12.2. The van der Waals surface area contributed by atoms with E-state index in [0.717, 1.165) is 69.3 Å². The van der Waals surface area contributed by atoms with E-state index in [2.05, 4.69) is 42.0 Å². The number of nitrogens with one attached hydrogen (secondary N) is 1. The number of thiazole rings is 1. The minimum atomic E-state index is -0.259. The minimum absolute atomic E-state index is 0.0766. The van der Waals surface area contributed by atoms with Crippen LogP contribution in [0, 0.1) is 0 Å². The molecular weight excluding hydrogens is 498 g/mol. The highest BCUT2D eigenvalue weighted by molar-refractivity contribution is 7.14. The van der Waals surface area contributed by atoms with Crippen LogP contribution in [0.3, 0.4) is 0 Å². The summed E-state index contributed by atoms with van der Waals surface area (Å²) in [7, 11) is 2.15. The SMILES string of the molecule is CN1CCN(Cc2ccc(NC(=O)c3csc(N4CCC(Oc5ncccn5)CC4)n3)c(Cl)c2)CC1. The van der Waals surface area contributed by atoms with E-state index in [1.54, 1.807) is 23.8 Å². The predicted octanol–water partition coefficient (Wildman–Crippen LogP) is 3.63. The molecule has 0 spiro atoms. The van der Waals surface area contributed by atoms with Crippen LogP contribution in [0.25, 0.3) is 0 Å². The number of rotatable bonds is 7. The number of carbonyl (C=O) groups excluding carboxylic acids is 1. The second-order valence-corrected chi connectivity index (χ2v) is 10.4. The van der Waals surface area contributed by atoms with Gasteiger partial charge in [-0.15, -0.1) is 11.3 Å². The number of ether oxygens (including phenoxy) is 1. The molecule has 2 aliphatic heterocycles. The summed E-state index contributed by atoms with van der Waals surface area (Å²) < 4.78 is 5.87. The standard InChI is InChI=1S/C25H30ClN7O2S/c1-31-11-13-32(14-12-31)16-18-3-4-21(20(26)15-18)29-23(34)22-17-36-25(30-22)33-9-5-19(6-10-33)35-24-27-7-2-8-28-24/h2-4,7-8,15,17,19H,5-6,9-14,16H2,1H3,(H,29,34). The molecule has 4 heterocycles. The molecule has 2 aromatic heterocycles. The number of aromatic nitrogens is 3. The number of halogens is 1. The molecule has 1 aromatic carbocycles. The van der Waals surface area contributed by atoms with Gasteiger partial charge in [0.05, 0.1) is 10.7 Å². The third kappa shape index (κ3) is 6.31. The maximum Gasteiger partial charge on any atom is 0.316 e. The van der Waals surface area contributed by atoms with Crippen molar-refractivity contribution in [1.29, 1.82) is 0 Å². The minimum Gasteiger partial charge on any atom is -0.460 e. The number of anilines is 2. The molecular formula is C25H30ClN7O2S. The smallest absolute Gasteiger partial charge is 0.316 e. The van der Waals surface area contributed by atoms with Crippen LogP contribution < -0.4 is 15.0 Å². The lowest BCUT2D eigenvalue weighted by Gasteiger charge is -2.32. The second kappa shape index (κ2) is 11.5. The molecule has 0 bridgehead atoms. The number of piperazine rings is 1. The molecule has 36 heavy (non-hydrogen) atoms. The van der Waals surface area contributed by atoms with E-state index in [4.69, 9.17) is 16.3 Å². The first-order chi connectivity index (χ1) is 17.5. The number of carbonyl (C=O) groups is 1. The van der Waals surface area contributed by atoms with Gasteiger partial charge in [-0.05, 0) is 30.8 Å². The molecule has 0 aliphatic carbocycles. The highest BCUT2D eigenvalue weighted by atomic mass is 35.5. The van der Waals surface area contributed by atoms with Crippen LogP contribution in [-0.4, -0.2) is 83.1 Å². The van der Waals surface area contributed by atoms with E-state index in [1.165, 1.54) is 11.3 Å². The maximum absolute atomic E-state index is 12.9. The zero-order valence-electron chi connectivity index (χ0n) is 20.3. The van der Waals surface area contributed by atoms with Crippen LogP contribution in [-0.2, 0) is 6.54 Å². The predicted molar refractivity (Wildman–Crippen MR) is 142 cm³/mol. The molecule has 11 heteroatoms. The summed E-state index contributed by atoms with van der Waals surface area (Å²) in [5, 5.41) is 6.08. The van der Waals surface area contributed by atoms with E-state index in [0.29, 0.717) is 22.4 Å². The topological polar surface area (TPSA) is 86.7 Å². The van der Waals surface area contributed by atoms with Crippen LogP contribution in [0.1, 0.15) is 28.9 Å². The Labute approximate surface area is 220 Å². The summed E-state index contributed by atoms with van der Waals surface area (Å²) >= 11 is 7.99. The number of hydrogen-bond acceptors (Lipinski definition) is 9. The van der Waals surface area contributed by atoms with Gasteiger partial charge in [-0.2, -0.15) is 0 Å². The largest absolute Gasteiger partial charge is 0.460 e. The van der Waals surface area contributed by atoms with E-state index < -0.39 is 0 Å². The molecule has 1 N–H and O–H groups in total. The third-order valence-corrected chi connectivity index (χ3v) is 7.75. The van der Waals surface area contributed by atoms with Crippen molar-refractivity contribution < 1.29 is 9.53 Å². The highest BCUT2D eigenvalue weighted by Crippen LogP contribution is 2.28. The van der Waals surface area contributed by atoms with Crippen molar-refractivity contribution in [3.8, 4) is 6.01 Å². The van der Waals surface area contributed by atoms with Crippen molar-refractivity contribution in [1.82, 2.24) is 24.8 Å². The van der Waals surface area contributed by atoms with Gasteiger partial charge in [0.2, 0.25) is 0 Å². The Morgan fingerprint density at radius 2 is 1.89 bits per heavy atom. The van der Waals surface area contributed by atoms with Crippen LogP contribution in [0.15, 0.2) is 42.0 Å². The van der Waals surface area contributed by atoms with Crippen molar-refractivity contribution in [2.75, 3.05) is 56.5 Å². The lowest BCUT2D eigenvalue weighted by atomic mass is 10.1. The Hall–Kier alpha value is -2.79. The van der Waals surface area contributed by atoms with Gasteiger partial charge in [-0.3, -0.25) is 9.69 Å². The first kappa shape index (κ1) is 24.9. The van der Waals surface area contributed by atoms with E-state index in [-0.39, 0.29) is 12.0 Å². The fraction of sp³-hybridized carbons (Fsp3) is 0.440. The van der Waals surface area contributed by atoms with Crippen molar-refractivity contribution >= 4 is 39.7 Å². The molecule has 2 saturated heterocycles. The van der Waals surface area contributed by atoms with Crippen molar-refractivity contribution in [3.63, 3.8) is 0 Å². The van der Waals surface area contributed by atoms with Gasteiger partial charge in [-0.1, -0.05) is 17.7 Å². The van der Waals surface area contributed by atoms with Crippen molar-refractivity contribution in [3.05, 3.63) is 58.3 Å². The summed E-state index contributed by atoms with van der Waals surface area (Å²) in [6.45, 7) is 6.70. The third-order valence-electron chi connectivity index (χ3n) is 6.54. The second-order valence-electron chi connectivity index (χ2n) is 9.20. The molecule has 9 nitrogen and oxygen atoms in total. The summed E-state index contributed by atoms with van der Waals surface area (Å²) in [6, 6.07) is 8.02. The fourth-order valence-electron chi connectivity index (χ4n) is 4.38. The molecule has 0 atom stereocenters. The molecule has 5 rings (SSSR count). The van der Waals surface area contributed by atoms with Gasteiger partial charge in [-0.25, -0.2) is 15.0 Å². The van der Waals surface area contributed by atoms with Gasteiger partial charge in [0, 0.05) is 76.4 Å². The van der Waals surface area contributed by atoms with Crippen LogP contribution in [0.4, 0.5) is 10.8 Å². The number of likely N-dealkylation sites (N-methyl/N-ethyl adjacent to an activating group) is 1. The maximum atomic E-state index is 12.9. The molecule has 0 unspecified atom stereocenters. The van der Waals surface area contributed by atoms with Crippen LogP contribution in [0.2, 0.25) is 5.02 Å².